The largest absolute Gasteiger partial charge is 0.377 e. The lowest BCUT2D eigenvalue weighted by atomic mass is 10.2. The van der Waals surface area contributed by atoms with E-state index in [1.165, 1.54) is 0 Å². The summed E-state index contributed by atoms with van der Waals surface area (Å²) in [5, 5.41) is 2.75. The summed E-state index contributed by atoms with van der Waals surface area (Å²) in [7, 11) is -1.13. The molecule has 15 heavy (non-hydrogen) atoms. The molecule has 5 heteroatoms. The molecule has 3 unspecified atom stereocenters. The highest BCUT2D eigenvalue weighted by molar-refractivity contribution is 7.92. The van der Waals surface area contributed by atoms with Gasteiger partial charge in [-0.3, -0.25) is 0 Å². The number of hydrogen-bond acceptors (Lipinski definition) is 4. The second kappa shape index (κ2) is 5.27. The van der Waals surface area contributed by atoms with Crippen LogP contribution in [0.5, 0.6) is 0 Å². The molecule has 1 fully saturated rings. The van der Waals surface area contributed by atoms with Gasteiger partial charge >= 0.3 is 0 Å². The van der Waals surface area contributed by atoms with Gasteiger partial charge in [-0.25, -0.2) is 8.42 Å². The van der Waals surface area contributed by atoms with Gasteiger partial charge in [0.1, 0.15) is 0 Å². The number of nitrogens with one attached hydrogen (secondary N) is 1. The van der Waals surface area contributed by atoms with Crippen molar-refractivity contribution in [2.45, 2.75) is 44.1 Å². The van der Waals surface area contributed by atoms with Crippen LogP contribution in [0.3, 0.4) is 0 Å². The van der Waals surface area contributed by atoms with Crippen LogP contribution in [-0.4, -0.2) is 45.2 Å². The van der Waals surface area contributed by atoms with E-state index in [9.17, 15) is 8.42 Å². The maximum absolute atomic E-state index is 12.0. The molecule has 0 aromatic rings. The maximum atomic E-state index is 12.0. The molecule has 1 heterocycles. The third-order valence-electron chi connectivity index (χ3n) is 3.10. The van der Waals surface area contributed by atoms with Gasteiger partial charge in [0.2, 0.25) is 0 Å². The second-order valence-corrected chi connectivity index (χ2v) is 6.59. The minimum absolute atomic E-state index is 0.139. The van der Waals surface area contributed by atoms with E-state index in [0.29, 0.717) is 19.4 Å². The predicted molar refractivity (Wildman–Crippen MR) is 60.7 cm³/mol. The Bertz CT molecular complexity index is 289. The molecule has 0 amide bonds. The smallest absolute Gasteiger partial charge is 0.155 e. The topological polar surface area (TPSA) is 55.4 Å². The van der Waals surface area contributed by atoms with E-state index in [1.54, 1.807) is 0 Å². The van der Waals surface area contributed by atoms with Crippen molar-refractivity contribution in [3.8, 4) is 0 Å². The third kappa shape index (κ3) is 3.43. The van der Waals surface area contributed by atoms with Crippen molar-refractivity contribution in [1.82, 2.24) is 5.32 Å². The fraction of sp³-hybridized carbons (Fsp3) is 1.00. The highest BCUT2D eigenvalue weighted by Crippen LogP contribution is 2.22. The van der Waals surface area contributed by atoms with Crippen LogP contribution < -0.4 is 5.32 Å². The summed E-state index contributed by atoms with van der Waals surface area (Å²) in [5.74, 6) is 0.257. The van der Waals surface area contributed by atoms with Crippen molar-refractivity contribution in [2.24, 2.45) is 0 Å². The molecule has 0 aromatic heterocycles. The SMILES string of the molecule is CNC(C)CCS(=O)(=O)C1CCOC1C. The van der Waals surface area contributed by atoms with Crippen molar-refractivity contribution in [2.75, 3.05) is 19.4 Å². The molecule has 1 N–H and O–H groups in total. The van der Waals surface area contributed by atoms with Crippen molar-refractivity contribution in [3.63, 3.8) is 0 Å². The van der Waals surface area contributed by atoms with Gasteiger partial charge in [0.15, 0.2) is 9.84 Å². The zero-order valence-electron chi connectivity index (χ0n) is 9.69. The van der Waals surface area contributed by atoms with E-state index < -0.39 is 9.84 Å². The van der Waals surface area contributed by atoms with Gasteiger partial charge in [0.05, 0.1) is 17.1 Å². The molecule has 0 radical (unpaired) electrons. The first kappa shape index (κ1) is 12.9. The average Bonchev–Trinajstić information content (AvgIpc) is 2.61. The Labute approximate surface area is 92.3 Å². The zero-order valence-corrected chi connectivity index (χ0v) is 10.5. The van der Waals surface area contributed by atoms with E-state index >= 15 is 0 Å². The fourth-order valence-electron chi connectivity index (χ4n) is 1.82. The highest BCUT2D eigenvalue weighted by atomic mass is 32.2. The van der Waals surface area contributed by atoms with E-state index in [1.807, 2.05) is 20.9 Å². The molecular weight excluding hydrogens is 214 g/mol. The monoisotopic (exact) mass is 235 g/mol. The first-order chi connectivity index (χ1) is 6.97. The Hall–Kier alpha value is -0.130. The molecule has 0 saturated carbocycles. The third-order valence-corrected chi connectivity index (χ3v) is 5.44. The van der Waals surface area contributed by atoms with Gasteiger partial charge in [0, 0.05) is 12.6 Å². The highest BCUT2D eigenvalue weighted by Gasteiger charge is 2.35. The molecule has 0 aromatic carbocycles. The van der Waals surface area contributed by atoms with Crippen molar-refractivity contribution >= 4 is 9.84 Å². The lowest BCUT2D eigenvalue weighted by Crippen LogP contribution is -2.32. The van der Waals surface area contributed by atoms with Crippen molar-refractivity contribution in [3.05, 3.63) is 0 Å². The van der Waals surface area contributed by atoms with Gasteiger partial charge < -0.3 is 10.1 Å². The fourth-order valence-corrected chi connectivity index (χ4v) is 3.92. The molecule has 3 atom stereocenters. The number of rotatable bonds is 5. The van der Waals surface area contributed by atoms with Crippen molar-refractivity contribution in [1.29, 1.82) is 0 Å². The Kier molecular flexibility index (Phi) is 4.55. The summed E-state index contributed by atoms with van der Waals surface area (Å²) in [6.07, 6.45) is 1.18. The number of sulfone groups is 1. The van der Waals surface area contributed by atoms with Gasteiger partial charge in [-0.05, 0) is 33.7 Å². The van der Waals surface area contributed by atoms with Crippen LogP contribution in [0.1, 0.15) is 26.7 Å². The summed E-state index contributed by atoms with van der Waals surface area (Å²) in [5.41, 5.74) is 0. The predicted octanol–water partition coefficient (Wildman–Crippen LogP) is 0.577. The summed E-state index contributed by atoms with van der Waals surface area (Å²) in [6, 6.07) is 0.248. The van der Waals surface area contributed by atoms with Crippen LogP contribution in [0, 0.1) is 0 Å². The van der Waals surface area contributed by atoms with Crippen LogP contribution in [0.4, 0.5) is 0 Å². The van der Waals surface area contributed by atoms with Gasteiger partial charge in [-0.15, -0.1) is 0 Å². The van der Waals surface area contributed by atoms with Gasteiger partial charge in [0.25, 0.3) is 0 Å². The lowest BCUT2D eigenvalue weighted by molar-refractivity contribution is 0.126. The maximum Gasteiger partial charge on any atom is 0.155 e. The summed E-state index contributed by atoms with van der Waals surface area (Å²) in [6.45, 7) is 4.41. The first-order valence-electron chi connectivity index (χ1n) is 5.48. The number of ether oxygens (including phenoxy) is 1. The quantitative estimate of drug-likeness (QED) is 0.757. The standard InChI is InChI=1S/C10H21NO3S/c1-8(11-3)5-7-15(12,13)10-4-6-14-9(10)2/h8-11H,4-7H2,1-3H3. The summed E-state index contributed by atoms with van der Waals surface area (Å²) in [4.78, 5) is 0. The van der Waals surface area contributed by atoms with E-state index in [0.717, 1.165) is 0 Å². The van der Waals surface area contributed by atoms with Gasteiger partial charge in [-0.2, -0.15) is 0 Å². The summed E-state index contributed by atoms with van der Waals surface area (Å²) >= 11 is 0. The lowest BCUT2D eigenvalue weighted by Gasteiger charge is -2.16. The van der Waals surface area contributed by atoms with E-state index in [2.05, 4.69) is 5.32 Å². The van der Waals surface area contributed by atoms with E-state index in [-0.39, 0.29) is 23.1 Å². The van der Waals surface area contributed by atoms with Crippen LogP contribution in [0.15, 0.2) is 0 Å². The van der Waals surface area contributed by atoms with Crippen LogP contribution in [0.25, 0.3) is 0 Å². The van der Waals surface area contributed by atoms with Crippen LogP contribution in [-0.2, 0) is 14.6 Å². The Morgan fingerprint density at radius 3 is 2.67 bits per heavy atom. The molecule has 1 aliphatic rings. The normalized spacial score (nSPS) is 29.3. The first-order valence-corrected chi connectivity index (χ1v) is 7.19. The Balaban J connectivity index is 2.51. The zero-order chi connectivity index (χ0) is 11.5. The molecular formula is C10H21NO3S. The van der Waals surface area contributed by atoms with Crippen LogP contribution in [0.2, 0.25) is 0 Å². The van der Waals surface area contributed by atoms with Gasteiger partial charge in [-0.1, -0.05) is 0 Å². The number of hydrogen-bond donors (Lipinski definition) is 1. The molecule has 90 valence electrons. The Morgan fingerprint density at radius 1 is 1.53 bits per heavy atom. The molecule has 1 aliphatic heterocycles. The second-order valence-electron chi connectivity index (χ2n) is 4.25. The molecule has 1 saturated heterocycles. The van der Waals surface area contributed by atoms with Crippen LogP contribution >= 0.6 is 0 Å². The minimum atomic E-state index is -2.98. The molecule has 4 nitrogen and oxygen atoms in total. The minimum Gasteiger partial charge on any atom is -0.377 e. The average molecular weight is 235 g/mol. The van der Waals surface area contributed by atoms with E-state index in [4.69, 9.17) is 4.74 Å². The Morgan fingerprint density at radius 2 is 2.20 bits per heavy atom. The molecule has 0 spiro atoms. The molecule has 1 rings (SSSR count). The molecule has 0 bridgehead atoms. The molecule has 0 aliphatic carbocycles. The van der Waals surface area contributed by atoms with Crippen molar-refractivity contribution < 1.29 is 13.2 Å². The summed E-state index contributed by atoms with van der Waals surface area (Å²) < 4.78 is 29.2.